The molecule has 0 amide bonds. The van der Waals surface area contributed by atoms with Crippen LogP contribution in [0.15, 0.2) is 36.5 Å². The Morgan fingerprint density at radius 1 is 1.31 bits per heavy atom. The first-order valence-corrected chi connectivity index (χ1v) is 5.52. The van der Waals surface area contributed by atoms with Gasteiger partial charge in [-0.05, 0) is 25.8 Å². The molecule has 2 rings (SSSR count). The lowest BCUT2D eigenvalue weighted by atomic mass is 10.1. The van der Waals surface area contributed by atoms with Crippen LogP contribution < -0.4 is 5.73 Å². The van der Waals surface area contributed by atoms with E-state index < -0.39 is 0 Å². The number of nitrogens with zero attached hydrogens (tertiary/aromatic N) is 2. The molecular weight excluding hydrogens is 198 g/mol. The van der Waals surface area contributed by atoms with Gasteiger partial charge in [0.1, 0.15) is 5.82 Å². The molecule has 0 saturated carbocycles. The van der Waals surface area contributed by atoms with Crippen molar-refractivity contribution in [3.63, 3.8) is 0 Å². The molecule has 0 spiro atoms. The molecule has 2 N–H and O–H groups in total. The number of nitrogen functional groups attached to an aromatic ring is 1. The van der Waals surface area contributed by atoms with E-state index in [2.05, 4.69) is 36.3 Å². The molecule has 16 heavy (non-hydrogen) atoms. The summed E-state index contributed by atoms with van der Waals surface area (Å²) in [5.74, 6) is 0.767. The summed E-state index contributed by atoms with van der Waals surface area (Å²) in [6.45, 7) is 4.11. The van der Waals surface area contributed by atoms with Gasteiger partial charge in [0.15, 0.2) is 0 Å². The van der Waals surface area contributed by atoms with E-state index >= 15 is 0 Å². The number of nitrogens with two attached hydrogens (primary N) is 1. The molecule has 1 unspecified atom stereocenters. The monoisotopic (exact) mass is 215 g/mol. The Kier molecular flexibility index (Phi) is 2.95. The third-order valence-electron chi connectivity index (χ3n) is 2.82. The van der Waals surface area contributed by atoms with E-state index in [1.54, 1.807) is 0 Å². The molecule has 1 aromatic carbocycles. The Morgan fingerprint density at radius 3 is 2.56 bits per heavy atom. The highest BCUT2D eigenvalue weighted by Gasteiger charge is 2.10. The summed E-state index contributed by atoms with van der Waals surface area (Å²) in [6.07, 6.45) is 2.77. The van der Waals surface area contributed by atoms with Crippen LogP contribution in [0.3, 0.4) is 0 Å². The van der Waals surface area contributed by atoms with Gasteiger partial charge >= 0.3 is 0 Å². The zero-order chi connectivity index (χ0) is 11.5. The summed E-state index contributed by atoms with van der Waals surface area (Å²) >= 11 is 0. The molecule has 0 saturated heterocycles. The quantitative estimate of drug-likeness (QED) is 0.855. The smallest absolute Gasteiger partial charge is 0.124 e. The van der Waals surface area contributed by atoms with Crippen molar-refractivity contribution in [2.75, 3.05) is 5.73 Å². The zero-order valence-corrected chi connectivity index (χ0v) is 9.72. The normalized spacial score (nSPS) is 12.6. The summed E-state index contributed by atoms with van der Waals surface area (Å²) in [7, 11) is 0. The molecule has 0 aliphatic rings. The largest absolute Gasteiger partial charge is 0.384 e. The Bertz CT molecular complexity index is 459. The lowest BCUT2D eigenvalue weighted by Crippen LogP contribution is -2.12. The van der Waals surface area contributed by atoms with Crippen LogP contribution in [-0.4, -0.2) is 9.78 Å². The average molecular weight is 215 g/mol. The van der Waals surface area contributed by atoms with Crippen molar-refractivity contribution in [3.05, 3.63) is 47.7 Å². The molecule has 0 aliphatic carbocycles. The van der Waals surface area contributed by atoms with Gasteiger partial charge in [-0.2, -0.15) is 5.10 Å². The molecule has 1 atom stereocenters. The lowest BCUT2D eigenvalue weighted by Gasteiger charge is -2.14. The number of hydrogen-bond donors (Lipinski definition) is 1. The maximum atomic E-state index is 5.96. The number of rotatable bonds is 3. The van der Waals surface area contributed by atoms with Crippen LogP contribution in [0, 0.1) is 6.92 Å². The molecule has 3 nitrogen and oxygen atoms in total. The van der Waals surface area contributed by atoms with E-state index in [0.717, 1.165) is 17.8 Å². The zero-order valence-electron chi connectivity index (χ0n) is 9.72. The van der Waals surface area contributed by atoms with Crippen molar-refractivity contribution in [1.82, 2.24) is 9.78 Å². The number of aryl methyl sites for hydroxylation is 1. The van der Waals surface area contributed by atoms with Crippen molar-refractivity contribution in [2.45, 2.75) is 26.3 Å². The molecule has 0 radical (unpaired) electrons. The van der Waals surface area contributed by atoms with Crippen molar-refractivity contribution < 1.29 is 0 Å². The first-order chi connectivity index (χ1) is 7.68. The van der Waals surface area contributed by atoms with Crippen molar-refractivity contribution in [2.24, 2.45) is 0 Å². The highest BCUT2D eigenvalue weighted by molar-refractivity contribution is 5.37. The van der Waals surface area contributed by atoms with Gasteiger partial charge in [-0.25, -0.2) is 4.68 Å². The number of hydrogen-bond acceptors (Lipinski definition) is 2. The highest BCUT2D eigenvalue weighted by Crippen LogP contribution is 2.18. The Morgan fingerprint density at radius 2 is 2.00 bits per heavy atom. The van der Waals surface area contributed by atoms with Crippen molar-refractivity contribution in [3.8, 4) is 0 Å². The van der Waals surface area contributed by atoms with E-state index in [4.69, 9.17) is 5.73 Å². The standard InChI is InChI=1S/C13H17N3/c1-10-9-15-16(13(10)14)11(2)8-12-6-4-3-5-7-12/h3-7,9,11H,8,14H2,1-2H3. The molecular formula is C13H17N3. The topological polar surface area (TPSA) is 43.8 Å². The maximum Gasteiger partial charge on any atom is 0.124 e. The SMILES string of the molecule is Cc1cnn(C(C)Cc2ccccc2)c1N. The van der Waals surface area contributed by atoms with E-state index in [-0.39, 0.29) is 6.04 Å². The molecule has 84 valence electrons. The minimum absolute atomic E-state index is 0.288. The summed E-state index contributed by atoms with van der Waals surface area (Å²) in [5, 5.41) is 4.30. The molecule has 0 fully saturated rings. The Hall–Kier alpha value is -1.77. The van der Waals surface area contributed by atoms with Crippen LogP contribution in [0.25, 0.3) is 0 Å². The molecule has 0 bridgehead atoms. The van der Waals surface area contributed by atoms with E-state index in [1.165, 1.54) is 5.56 Å². The Balaban J connectivity index is 2.15. The van der Waals surface area contributed by atoms with Crippen LogP contribution >= 0.6 is 0 Å². The third kappa shape index (κ3) is 2.08. The first-order valence-electron chi connectivity index (χ1n) is 5.52. The van der Waals surface area contributed by atoms with Gasteiger partial charge in [0.2, 0.25) is 0 Å². The van der Waals surface area contributed by atoms with E-state index in [1.807, 2.05) is 23.9 Å². The molecule has 2 aromatic rings. The first kappa shape index (κ1) is 10.7. The van der Waals surface area contributed by atoms with Gasteiger partial charge in [-0.1, -0.05) is 30.3 Å². The maximum absolute atomic E-state index is 5.96. The summed E-state index contributed by atoms with van der Waals surface area (Å²) < 4.78 is 1.89. The second-order valence-corrected chi connectivity index (χ2v) is 4.20. The summed E-state index contributed by atoms with van der Waals surface area (Å²) in [6, 6.07) is 10.7. The van der Waals surface area contributed by atoms with E-state index in [9.17, 15) is 0 Å². The summed E-state index contributed by atoms with van der Waals surface area (Å²) in [5.41, 5.74) is 8.31. The van der Waals surface area contributed by atoms with E-state index in [0.29, 0.717) is 0 Å². The minimum atomic E-state index is 0.288. The predicted molar refractivity (Wildman–Crippen MR) is 66.2 cm³/mol. The van der Waals surface area contributed by atoms with Gasteiger partial charge in [-0.3, -0.25) is 0 Å². The second-order valence-electron chi connectivity index (χ2n) is 4.20. The van der Waals surface area contributed by atoms with Crippen molar-refractivity contribution >= 4 is 5.82 Å². The molecule has 1 heterocycles. The van der Waals surface area contributed by atoms with Crippen LogP contribution in [0.2, 0.25) is 0 Å². The van der Waals surface area contributed by atoms with Crippen LogP contribution in [0.4, 0.5) is 5.82 Å². The minimum Gasteiger partial charge on any atom is -0.384 e. The second kappa shape index (κ2) is 4.39. The van der Waals surface area contributed by atoms with Crippen molar-refractivity contribution in [1.29, 1.82) is 0 Å². The third-order valence-corrected chi connectivity index (χ3v) is 2.82. The average Bonchev–Trinajstić information content (AvgIpc) is 2.61. The lowest BCUT2D eigenvalue weighted by molar-refractivity contribution is 0.496. The highest BCUT2D eigenvalue weighted by atomic mass is 15.3. The number of aromatic nitrogens is 2. The van der Waals surface area contributed by atoms with Crippen LogP contribution in [-0.2, 0) is 6.42 Å². The number of benzene rings is 1. The van der Waals surface area contributed by atoms with Gasteiger partial charge in [0, 0.05) is 5.56 Å². The fourth-order valence-electron chi connectivity index (χ4n) is 1.85. The van der Waals surface area contributed by atoms with Crippen LogP contribution in [0.5, 0.6) is 0 Å². The van der Waals surface area contributed by atoms with Gasteiger partial charge in [-0.15, -0.1) is 0 Å². The van der Waals surface area contributed by atoms with Gasteiger partial charge in [0.25, 0.3) is 0 Å². The fraction of sp³-hybridized carbons (Fsp3) is 0.308. The summed E-state index contributed by atoms with van der Waals surface area (Å²) in [4.78, 5) is 0. The van der Waals surface area contributed by atoms with Crippen LogP contribution in [0.1, 0.15) is 24.1 Å². The number of anilines is 1. The van der Waals surface area contributed by atoms with Gasteiger partial charge < -0.3 is 5.73 Å². The predicted octanol–water partition coefficient (Wildman–Crippen LogP) is 2.58. The molecule has 0 aliphatic heterocycles. The molecule has 3 heteroatoms. The Labute approximate surface area is 95.9 Å². The van der Waals surface area contributed by atoms with Gasteiger partial charge in [0.05, 0.1) is 12.2 Å². The fourth-order valence-corrected chi connectivity index (χ4v) is 1.85. The molecule has 1 aromatic heterocycles.